The molecule has 0 aromatic heterocycles. The van der Waals surface area contributed by atoms with Crippen molar-refractivity contribution in [2.75, 3.05) is 38.5 Å². The number of benzene rings is 2. The van der Waals surface area contributed by atoms with Crippen molar-refractivity contribution >= 4 is 17.2 Å². The Labute approximate surface area is 258 Å². The van der Waals surface area contributed by atoms with Gasteiger partial charge in [-0.1, -0.05) is 61.9 Å². The molecular weight excluding hydrogens is 565 g/mol. The maximum absolute atomic E-state index is 13.8. The molecule has 238 valence electrons. The van der Waals surface area contributed by atoms with E-state index in [1.807, 2.05) is 62.5 Å². The van der Waals surface area contributed by atoms with Crippen LogP contribution in [0.5, 0.6) is 0 Å². The number of aliphatic hydroxyl groups is 1. The lowest BCUT2D eigenvalue weighted by Crippen LogP contribution is -2.47. The number of nitrogens with zero attached hydrogens (tertiary/aromatic N) is 1. The molecule has 0 spiro atoms. The molecule has 0 bridgehead atoms. The van der Waals surface area contributed by atoms with Crippen molar-refractivity contribution in [1.29, 1.82) is 0 Å². The molecule has 4 N–H and O–H groups in total. The Morgan fingerprint density at radius 1 is 1.11 bits per heavy atom. The van der Waals surface area contributed by atoms with Crippen molar-refractivity contribution in [2.45, 2.75) is 76.2 Å². The SMILES string of the molecule is CNc1cccc(C(O)NC2CCN(CCCCC3(C(=O)NCC(F)(F)F)C4=C(c5ccccc53)C(C)CC=C4)CC2)c1C. The average Bonchev–Trinajstić information content (AvgIpc) is 3.30. The summed E-state index contributed by atoms with van der Waals surface area (Å²) < 4.78 is 39.6. The van der Waals surface area contributed by atoms with Gasteiger partial charge in [0.2, 0.25) is 5.91 Å². The van der Waals surface area contributed by atoms with Gasteiger partial charge in [-0.3, -0.25) is 10.1 Å². The Morgan fingerprint density at radius 3 is 2.59 bits per heavy atom. The number of halogens is 3. The number of carbonyl (C=O) groups excluding carboxylic acids is 1. The molecule has 1 heterocycles. The quantitative estimate of drug-likeness (QED) is 0.179. The molecule has 2 aromatic rings. The fourth-order valence-corrected chi connectivity index (χ4v) is 7.42. The van der Waals surface area contributed by atoms with Crippen LogP contribution in [0.3, 0.4) is 0 Å². The summed E-state index contributed by atoms with van der Waals surface area (Å²) in [6.07, 6.45) is 3.50. The van der Waals surface area contributed by atoms with Crippen LogP contribution in [0, 0.1) is 12.8 Å². The van der Waals surface area contributed by atoms with E-state index in [4.69, 9.17) is 0 Å². The van der Waals surface area contributed by atoms with E-state index < -0.39 is 30.3 Å². The zero-order valence-electron chi connectivity index (χ0n) is 25.9. The third-order valence-corrected chi connectivity index (χ3v) is 9.73. The molecule has 1 aliphatic heterocycles. The summed E-state index contributed by atoms with van der Waals surface area (Å²) in [6, 6.07) is 13.8. The molecule has 0 radical (unpaired) electrons. The number of rotatable bonds is 11. The number of fused-ring (bicyclic) bond motifs is 2. The van der Waals surface area contributed by atoms with E-state index in [0.717, 1.165) is 84.4 Å². The number of hydrogen-bond donors (Lipinski definition) is 4. The van der Waals surface area contributed by atoms with Crippen molar-refractivity contribution in [3.05, 3.63) is 82.4 Å². The van der Waals surface area contributed by atoms with Crippen molar-refractivity contribution in [3.8, 4) is 0 Å². The predicted octanol–water partition coefficient (Wildman–Crippen LogP) is 6.23. The molecule has 1 amide bonds. The van der Waals surface area contributed by atoms with Crippen molar-refractivity contribution < 1.29 is 23.1 Å². The van der Waals surface area contributed by atoms with Crippen LogP contribution in [0.25, 0.3) is 5.57 Å². The summed E-state index contributed by atoms with van der Waals surface area (Å²) in [5, 5.41) is 19.7. The smallest absolute Gasteiger partial charge is 0.388 e. The number of likely N-dealkylation sites (tertiary alicyclic amines) is 1. The highest BCUT2D eigenvalue weighted by atomic mass is 19.4. The summed E-state index contributed by atoms with van der Waals surface area (Å²) in [6.45, 7) is 5.45. The monoisotopic (exact) mass is 610 g/mol. The third kappa shape index (κ3) is 6.60. The van der Waals surface area contributed by atoms with Crippen LogP contribution in [0.1, 0.15) is 73.9 Å². The predicted molar refractivity (Wildman–Crippen MR) is 169 cm³/mol. The first kappa shape index (κ1) is 32.3. The Kier molecular flexibility index (Phi) is 9.87. The van der Waals surface area contributed by atoms with Crippen LogP contribution in [-0.4, -0.2) is 61.4 Å². The lowest BCUT2D eigenvalue weighted by atomic mass is 9.71. The minimum atomic E-state index is -4.48. The highest BCUT2D eigenvalue weighted by molar-refractivity contribution is 6.01. The number of amides is 1. The van der Waals surface area contributed by atoms with E-state index >= 15 is 0 Å². The summed E-state index contributed by atoms with van der Waals surface area (Å²) in [5.74, 6) is -0.370. The van der Waals surface area contributed by atoms with Crippen LogP contribution in [0.2, 0.25) is 0 Å². The molecule has 0 saturated carbocycles. The van der Waals surface area contributed by atoms with Gasteiger partial charge < -0.3 is 20.6 Å². The Morgan fingerprint density at radius 2 is 1.86 bits per heavy atom. The highest BCUT2D eigenvalue weighted by Gasteiger charge is 2.51. The molecular formula is C35H45F3N4O2. The van der Waals surface area contributed by atoms with E-state index in [2.05, 4.69) is 33.9 Å². The zero-order chi connectivity index (χ0) is 31.5. The van der Waals surface area contributed by atoms with Gasteiger partial charge in [0.05, 0.1) is 5.41 Å². The molecule has 3 aliphatic rings. The van der Waals surface area contributed by atoms with Gasteiger partial charge in [0.25, 0.3) is 0 Å². The maximum atomic E-state index is 13.8. The normalized spacial score (nSPS) is 22.9. The molecule has 1 fully saturated rings. The number of piperidine rings is 1. The van der Waals surface area contributed by atoms with E-state index in [-0.39, 0.29) is 12.0 Å². The van der Waals surface area contributed by atoms with E-state index in [1.54, 1.807) is 0 Å². The largest absolute Gasteiger partial charge is 0.405 e. The lowest BCUT2D eigenvalue weighted by Gasteiger charge is -2.35. The van der Waals surface area contributed by atoms with Crippen LogP contribution in [-0.2, 0) is 10.2 Å². The number of alkyl halides is 3. The van der Waals surface area contributed by atoms with Crippen LogP contribution in [0.4, 0.5) is 18.9 Å². The first-order valence-corrected chi connectivity index (χ1v) is 15.8. The van der Waals surface area contributed by atoms with Crippen molar-refractivity contribution in [1.82, 2.24) is 15.5 Å². The second-order valence-electron chi connectivity index (χ2n) is 12.5. The summed E-state index contributed by atoms with van der Waals surface area (Å²) >= 11 is 0. The summed E-state index contributed by atoms with van der Waals surface area (Å²) in [5.41, 5.74) is 5.55. The maximum Gasteiger partial charge on any atom is 0.405 e. The molecule has 3 unspecified atom stereocenters. The minimum Gasteiger partial charge on any atom is -0.388 e. The van der Waals surface area contributed by atoms with Gasteiger partial charge >= 0.3 is 6.18 Å². The number of carbonyl (C=O) groups is 1. The van der Waals surface area contributed by atoms with Gasteiger partial charge in [0.15, 0.2) is 0 Å². The van der Waals surface area contributed by atoms with Gasteiger partial charge in [0, 0.05) is 24.3 Å². The van der Waals surface area contributed by atoms with Crippen LogP contribution < -0.4 is 16.0 Å². The zero-order valence-corrected chi connectivity index (χ0v) is 25.9. The molecule has 5 rings (SSSR count). The molecule has 2 aromatic carbocycles. The number of allylic oxidation sites excluding steroid dienone is 3. The van der Waals surface area contributed by atoms with E-state index in [1.165, 1.54) is 0 Å². The Balaban J connectivity index is 1.21. The van der Waals surface area contributed by atoms with Gasteiger partial charge in [-0.05, 0) is 98.5 Å². The average molecular weight is 611 g/mol. The van der Waals surface area contributed by atoms with Crippen LogP contribution >= 0.6 is 0 Å². The highest BCUT2D eigenvalue weighted by Crippen LogP contribution is 2.54. The molecule has 6 nitrogen and oxygen atoms in total. The van der Waals surface area contributed by atoms with Crippen molar-refractivity contribution in [3.63, 3.8) is 0 Å². The molecule has 1 saturated heterocycles. The molecule has 2 aliphatic carbocycles. The first-order valence-electron chi connectivity index (χ1n) is 15.8. The first-order chi connectivity index (χ1) is 21.0. The number of hydrogen-bond acceptors (Lipinski definition) is 5. The van der Waals surface area contributed by atoms with Gasteiger partial charge in [-0.15, -0.1) is 0 Å². The molecule has 3 atom stereocenters. The fraction of sp³-hybridized carbons (Fsp3) is 0.514. The summed E-state index contributed by atoms with van der Waals surface area (Å²) in [7, 11) is 1.87. The Bertz CT molecular complexity index is 1400. The van der Waals surface area contributed by atoms with E-state index in [0.29, 0.717) is 12.8 Å². The number of nitrogens with one attached hydrogen (secondary N) is 3. The number of anilines is 1. The minimum absolute atomic E-state index is 0.193. The van der Waals surface area contributed by atoms with Gasteiger partial charge in [0.1, 0.15) is 12.8 Å². The standard InChI is InChI=1S/C35H45F3N4O2/c1-23-10-8-14-29-31(23)27-11-4-5-13-28(27)34(29,33(44)40-22-35(36,37)38)18-6-7-19-42-20-16-25(17-21-42)41-32(43)26-12-9-15-30(39-3)24(26)2/h4-5,8-9,11-15,23,25,32,39,41,43H,6-7,10,16-22H2,1-3H3,(H,40,44). The second kappa shape index (κ2) is 13.5. The second-order valence-corrected chi connectivity index (χ2v) is 12.5. The Hall–Kier alpha value is -3.14. The lowest BCUT2D eigenvalue weighted by molar-refractivity contribution is -0.141. The molecule has 44 heavy (non-hydrogen) atoms. The number of unbranched alkanes of at least 4 members (excludes halogenated alkanes) is 1. The van der Waals surface area contributed by atoms with Crippen LogP contribution in [0.15, 0.2) is 60.2 Å². The molecule has 9 heteroatoms. The van der Waals surface area contributed by atoms with Gasteiger partial charge in [-0.2, -0.15) is 13.2 Å². The number of aliphatic hydroxyl groups excluding tert-OH is 1. The van der Waals surface area contributed by atoms with Gasteiger partial charge in [-0.25, -0.2) is 0 Å². The summed E-state index contributed by atoms with van der Waals surface area (Å²) in [4.78, 5) is 16.2. The third-order valence-electron chi connectivity index (χ3n) is 9.73. The van der Waals surface area contributed by atoms with E-state index in [9.17, 15) is 23.1 Å². The van der Waals surface area contributed by atoms with Crippen molar-refractivity contribution in [2.24, 2.45) is 5.92 Å². The fourth-order valence-electron chi connectivity index (χ4n) is 7.42. The topological polar surface area (TPSA) is 76.6 Å².